The molecule has 0 spiro atoms. The molecule has 0 unspecified atom stereocenters. The number of pyridine rings is 1. The smallest absolute Gasteiger partial charge is 0.241 e. The van der Waals surface area contributed by atoms with E-state index in [2.05, 4.69) is 15.0 Å². The third kappa shape index (κ3) is 6.56. The summed E-state index contributed by atoms with van der Waals surface area (Å²) in [7, 11) is -7.14. The summed E-state index contributed by atoms with van der Waals surface area (Å²) in [5.41, 5.74) is 2.86. The Morgan fingerprint density at radius 1 is 0.973 bits per heavy atom. The second kappa shape index (κ2) is 10.3. The number of aryl methyl sites for hydroxylation is 1. The molecule has 0 aliphatic heterocycles. The number of halogens is 2. The monoisotopic (exact) mass is 564 g/mol. The number of hydrogen-bond acceptors (Lipinski definition) is 9. The quantitative estimate of drug-likeness (QED) is 0.242. The number of sulfone groups is 1. The molecule has 37 heavy (non-hydrogen) atoms. The molecule has 4 aromatic rings. The number of fused-ring (bicyclic) bond motifs is 1. The van der Waals surface area contributed by atoms with Gasteiger partial charge in [-0.25, -0.2) is 47.2 Å². The lowest BCUT2D eigenvalue weighted by molar-refractivity contribution is 0.597. The van der Waals surface area contributed by atoms with Crippen molar-refractivity contribution >= 4 is 48.4 Å². The molecule has 0 atom stereocenters. The van der Waals surface area contributed by atoms with Crippen LogP contribution in [-0.4, -0.2) is 43.8 Å². The molecule has 2 aromatic heterocycles. The predicted octanol–water partition coefficient (Wildman–Crippen LogP) is 2.60. The Kier molecular flexibility index (Phi) is 7.44. The van der Waals surface area contributed by atoms with Gasteiger partial charge in [-0.1, -0.05) is 23.7 Å². The Balaban J connectivity index is 1.72. The lowest BCUT2D eigenvalue weighted by atomic mass is 10.1. The van der Waals surface area contributed by atoms with Crippen LogP contribution in [-0.2, 0) is 32.8 Å². The summed E-state index contributed by atoms with van der Waals surface area (Å²) >= 11 is 5.92. The molecule has 4 rings (SSSR count). The Bertz CT molecular complexity index is 1700. The number of nitrogens with two attached hydrogens (primary N) is 2. The summed E-state index contributed by atoms with van der Waals surface area (Å²) in [6, 6.07) is 13.4. The van der Waals surface area contributed by atoms with Crippen LogP contribution >= 0.6 is 11.6 Å². The average molecular weight is 565 g/mol. The van der Waals surface area contributed by atoms with Crippen LogP contribution in [0.3, 0.4) is 0 Å². The van der Waals surface area contributed by atoms with Gasteiger partial charge in [0.25, 0.3) is 0 Å². The van der Waals surface area contributed by atoms with Gasteiger partial charge in [0, 0.05) is 18.2 Å². The zero-order valence-corrected chi connectivity index (χ0v) is 21.9. The van der Waals surface area contributed by atoms with Crippen molar-refractivity contribution in [1.29, 1.82) is 0 Å². The number of hydrazine groups is 1. The van der Waals surface area contributed by atoms with Crippen molar-refractivity contribution in [2.45, 2.75) is 17.9 Å². The van der Waals surface area contributed by atoms with Gasteiger partial charge in [0.05, 0.1) is 39.1 Å². The van der Waals surface area contributed by atoms with Gasteiger partial charge in [-0.15, -0.1) is 0 Å². The second-order valence-electron chi connectivity index (χ2n) is 8.36. The fourth-order valence-electron chi connectivity index (χ4n) is 3.51. The largest absolute Gasteiger partial charge is 0.274 e. The first-order valence-corrected chi connectivity index (χ1v) is 14.7. The van der Waals surface area contributed by atoms with Gasteiger partial charge in [0.1, 0.15) is 21.2 Å². The molecule has 0 fully saturated rings. The van der Waals surface area contributed by atoms with Crippen LogP contribution in [0.1, 0.15) is 11.3 Å². The van der Waals surface area contributed by atoms with Crippen molar-refractivity contribution in [3.05, 3.63) is 76.7 Å². The third-order valence-corrected chi connectivity index (χ3v) is 7.55. The van der Waals surface area contributed by atoms with Crippen LogP contribution < -0.4 is 16.0 Å². The van der Waals surface area contributed by atoms with E-state index in [0.29, 0.717) is 33.5 Å². The summed E-state index contributed by atoms with van der Waals surface area (Å²) in [5, 5.41) is 6.33. The highest BCUT2D eigenvalue weighted by atomic mass is 35.5. The minimum absolute atomic E-state index is 0.0332. The summed E-state index contributed by atoms with van der Waals surface area (Å²) < 4.78 is 60.3. The number of sulfonamides is 1. The van der Waals surface area contributed by atoms with Gasteiger partial charge in [-0.2, -0.15) is 0 Å². The van der Waals surface area contributed by atoms with Crippen LogP contribution in [0.4, 0.5) is 10.3 Å². The minimum atomic E-state index is -3.83. The molecule has 10 nitrogen and oxygen atoms in total. The molecule has 2 heterocycles. The average Bonchev–Trinajstić information content (AvgIpc) is 2.83. The van der Waals surface area contributed by atoms with E-state index in [4.69, 9.17) is 22.6 Å². The van der Waals surface area contributed by atoms with Crippen LogP contribution in [0.2, 0.25) is 5.02 Å². The molecule has 0 radical (unpaired) electrons. The first-order chi connectivity index (χ1) is 17.3. The van der Waals surface area contributed by atoms with Crippen molar-refractivity contribution in [2.75, 3.05) is 17.0 Å². The molecule has 2 aromatic carbocycles. The van der Waals surface area contributed by atoms with Gasteiger partial charge in [-0.05, 0) is 48.0 Å². The first kappa shape index (κ1) is 26.8. The van der Waals surface area contributed by atoms with Crippen molar-refractivity contribution < 1.29 is 21.2 Å². The number of primary sulfonamides is 1. The van der Waals surface area contributed by atoms with E-state index < -0.39 is 25.7 Å². The molecule has 0 aliphatic carbocycles. The summed E-state index contributed by atoms with van der Waals surface area (Å²) in [6.07, 6.45) is 1.18. The molecular formula is C23H22ClFN6O4S2. The molecule has 0 bridgehead atoms. The number of nitrogens with zero attached hydrogens (tertiary/aromatic N) is 4. The standard InChI is InChI=1S/C23H22ClFN6O4S2/c1-36(32,33)11-10-21-22-20(9-8-19(28-22)15-4-7-18(25)17(24)12-15)29-23(30-21)31(26)13-14-2-5-16(6-3-14)37(27,34)35/h2-9,12H,10-11,13,26H2,1H3,(H2,27,34,35). The molecule has 0 aliphatic rings. The maximum atomic E-state index is 13.6. The highest BCUT2D eigenvalue weighted by Gasteiger charge is 2.17. The maximum absolute atomic E-state index is 13.6. The zero-order valence-electron chi connectivity index (χ0n) is 19.5. The van der Waals surface area contributed by atoms with E-state index in [1.54, 1.807) is 24.3 Å². The molecule has 14 heteroatoms. The fraction of sp³-hybridized carbons (Fsp3) is 0.174. The second-order valence-corrected chi connectivity index (χ2v) is 12.6. The fourth-order valence-corrected chi connectivity index (χ4v) is 4.77. The summed E-state index contributed by atoms with van der Waals surface area (Å²) in [4.78, 5) is 13.5. The van der Waals surface area contributed by atoms with Gasteiger partial charge < -0.3 is 0 Å². The normalized spacial score (nSPS) is 12.1. The van der Waals surface area contributed by atoms with Crippen molar-refractivity contribution in [2.24, 2.45) is 11.0 Å². The molecule has 0 saturated carbocycles. The van der Waals surface area contributed by atoms with Crippen molar-refractivity contribution in [3.8, 4) is 11.3 Å². The topological polar surface area (TPSA) is 162 Å². The highest BCUT2D eigenvalue weighted by Crippen LogP contribution is 2.27. The minimum Gasteiger partial charge on any atom is -0.274 e. The number of anilines is 1. The highest BCUT2D eigenvalue weighted by molar-refractivity contribution is 7.90. The van der Waals surface area contributed by atoms with Gasteiger partial charge in [0.15, 0.2) is 0 Å². The lowest BCUT2D eigenvalue weighted by Crippen LogP contribution is -2.32. The molecule has 4 N–H and O–H groups in total. The number of benzene rings is 2. The summed E-state index contributed by atoms with van der Waals surface area (Å²) in [5.74, 6) is 5.60. The molecular weight excluding hydrogens is 543 g/mol. The van der Waals surface area contributed by atoms with E-state index in [1.807, 2.05) is 0 Å². The van der Waals surface area contributed by atoms with E-state index in [-0.39, 0.29) is 34.6 Å². The number of aromatic nitrogens is 3. The third-order valence-electron chi connectivity index (χ3n) is 5.39. The lowest BCUT2D eigenvalue weighted by Gasteiger charge is -2.18. The Morgan fingerprint density at radius 2 is 1.68 bits per heavy atom. The number of hydrogen-bond donors (Lipinski definition) is 2. The molecule has 0 saturated heterocycles. The van der Waals surface area contributed by atoms with Crippen LogP contribution in [0.25, 0.3) is 22.3 Å². The van der Waals surface area contributed by atoms with Crippen molar-refractivity contribution in [1.82, 2.24) is 15.0 Å². The van der Waals surface area contributed by atoms with Crippen molar-refractivity contribution in [3.63, 3.8) is 0 Å². The number of rotatable bonds is 8. The van der Waals surface area contributed by atoms with E-state index in [9.17, 15) is 21.2 Å². The van der Waals surface area contributed by atoms with Crippen LogP contribution in [0.15, 0.2) is 59.5 Å². The SMILES string of the molecule is CS(=O)(=O)CCc1nc(N(N)Cc2ccc(S(N)(=O)=O)cc2)nc2ccc(-c3ccc(F)c(Cl)c3)nc12. The Labute approximate surface area is 218 Å². The van der Waals surface area contributed by atoms with Gasteiger partial charge >= 0.3 is 0 Å². The zero-order chi connectivity index (χ0) is 27.0. The first-order valence-electron chi connectivity index (χ1n) is 10.7. The van der Waals surface area contributed by atoms with Gasteiger partial charge in [-0.3, -0.25) is 5.01 Å². The van der Waals surface area contributed by atoms with E-state index >= 15 is 0 Å². The molecule has 0 amide bonds. The van der Waals surface area contributed by atoms with E-state index in [0.717, 1.165) is 6.26 Å². The Hall–Kier alpha value is -3.23. The van der Waals surface area contributed by atoms with E-state index in [1.165, 1.54) is 35.3 Å². The molecule has 194 valence electrons. The van der Waals surface area contributed by atoms with Crippen LogP contribution in [0.5, 0.6) is 0 Å². The summed E-state index contributed by atoms with van der Waals surface area (Å²) in [6.45, 7) is 0.127. The van der Waals surface area contributed by atoms with Gasteiger partial charge in [0.2, 0.25) is 16.0 Å². The Morgan fingerprint density at radius 3 is 2.30 bits per heavy atom. The maximum Gasteiger partial charge on any atom is 0.241 e. The van der Waals surface area contributed by atoms with Crippen LogP contribution in [0, 0.1) is 5.82 Å². The predicted molar refractivity (Wildman–Crippen MR) is 139 cm³/mol.